The summed E-state index contributed by atoms with van der Waals surface area (Å²) in [5, 5.41) is 0. The van der Waals surface area contributed by atoms with Crippen LogP contribution in [0, 0.1) is 0 Å². The first-order chi connectivity index (χ1) is 2.27. The van der Waals surface area contributed by atoms with Gasteiger partial charge in [0.25, 0.3) is 0 Å². The molecule has 0 aliphatic heterocycles. The Labute approximate surface area is 46.2 Å². The summed E-state index contributed by atoms with van der Waals surface area (Å²) in [6.07, 6.45) is 0. The normalized spacial score (nSPS) is 8.00. The monoisotopic (exact) mass is 261 g/mol. The van der Waals surface area contributed by atoms with Crippen LogP contribution in [0.3, 0.4) is 0 Å². The predicted molar refractivity (Wildman–Crippen MR) is 19.6 cm³/mol. The molecule has 0 amide bonds. The van der Waals surface area contributed by atoms with Gasteiger partial charge in [-0.1, -0.05) is 0 Å². The van der Waals surface area contributed by atoms with Crippen LogP contribution in [0.2, 0.25) is 4.43 Å². The third-order valence-corrected chi connectivity index (χ3v) is 5.55. The van der Waals surface area contributed by atoms with Crippen molar-refractivity contribution >= 4 is 0 Å². The Balaban J connectivity index is 2.54. The molecular formula is C3H9HgN. The molecule has 5 heavy (non-hydrogen) atoms. The number of rotatable bonds is 1. The summed E-state index contributed by atoms with van der Waals surface area (Å²) < 4.78 is 4.69. The summed E-state index contributed by atoms with van der Waals surface area (Å²) in [7, 11) is 4.31. The van der Waals surface area contributed by atoms with Crippen molar-refractivity contribution in [3.63, 3.8) is 0 Å². The van der Waals surface area contributed by atoms with E-state index < -0.39 is 24.9 Å². The van der Waals surface area contributed by atoms with E-state index in [1.54, 1.807) is 0 Å². The van der Waals surface area contributed by atoms with E-state index in [2.05, 4.69) is 21.2 Å². The van der Waals surface area contributed by atoms with E-state index in [0.717, 1.165) is 0 Å². The predicted octanol–water partition coefficient (Wildman–Crippen LogP) is 0.594. The number of nitrogens with zero attached hydrogens (tertiary/aromatic N) is 1. The summed E-state index contributed by atoms with van der Waals surface area (Å²) in [5.74, 6) is 0. The molecule has 0 aromatic rings. The fourth-order valence-electron chi connectivity index (χ4n) is 0. The van der Waals surface area contributed by atoms with Gasteiger partial charge in [0, 0.05) is 0 Å². The first kappa shape index (κ1) is 5.90. The molecule has 28 valence electrons. The number of hydrogen-bond acceptors (Lipinski definition) is 1. The van der Waals surface area contributed by atoms with Crippen molar-refractivity contribution in [3.05, 3.63) is 0 Å². The molecule has 0 radical (unpaired) electrons. The van der Waals surface area contributed by atoms with Gasteiger partial charge in [0.1, 0.15) is 0 Å². The minimum atomic E-state index is -0.392. The molecule has 0 aromatic carbocycles. The maximum atomic E-state index is 2.35. The first-order valence-corrected chi connectivity index (χ1v) is 9.87. The molecule has 0 saturated heterocycles. The summed E-state index contributed by atoms with van der Waals surface area (Å²) >= 11 is -0.392. The van der Waals surface area contributed by atoms with Crippen molar-refractivity contribution in [2.24, 2.45) is 0 Å². The molecule has 0 bridgehead atoms. The summed E-state index contributed by atoms with van der Waals surface area (Å²) in [6.45, 7) is 0. The van der Waals surface area contributed by atoms with E-state index in [-0.39, 0.29) is 0 Å². The van der Waals surface area contributed by atoms with Gasteiger partial charge in [-0.05, 0) is 0 Å². The van der Waals surface area contributed by atoms with E-state index >= 15 is 0 Å². The van der Waals surface area contributed by atoms with Crippen LogP contribution in [0.25, 0.3) is 0 Å². The quantitative estimate of drug-likeness (QED) is 0.623. The standard InChI is InChI=1S/C2H6N.CH3.Hg/c1-3-2;;/h1-2H3;1H3;/q-1;;+1. The van der Waals surface area contributed by atoms with E-state index in [0.29, 0.717) is 0 Å². The number of hydrogen-bond donors (Lipinski definition) is 0. The van der Waals surface area contributed by atoms with Gasteiger partial charge in [0.2, 0.25) is 0 Å². The molecular weight excluding hydrogens is 251 g/mol. The summed E-state index contributed by atoms with van der Waals surface area (Å²) in [6, 6.07) is 0. The average Bonchev–Trinajstić information content (AvgIpc) is 1.38. The van der Waals surface area contributed by atoms with Crippen LogP contribution in [0.4, 0.5) is 0 Å². The molecule has 0 heterocycles. The van der Waals surface area contributed by atoms with Crippen molar-refractivity contribution in [1.29, 1.82) is 0 Å². The molecule has 2 heteroatoms. The minimum absolute atomic E-state index is 0.392. The van der Waals surface area contributed by atoms with E-state index in [1.165, 1.54) is 0 Å². The van der Waals surface area contributed by atoms with Gasteiger partial charge in [0.05, 0.1) is 0 Å². The molecule has 0 saturated carbocycles. The molecule has 0 unspecified atom stereocenters. The van der Waals surface area contributed by atoms with Gasteiger partial charge in [-0.15, -0.1) is 0 Å². The second-order valence-corrected chi connectivity index (χ2v) is 8.77. The van der Waals surface area contributed by atoms with Crippen LogP contribution in [0.1, 0.15) is 0 Å². The SMILES string of the molecule is [CH3][Hg][N](C)C. The van der Waals surface area contributed by atoms with Crippen LogP contribution in [-0.2, 0) is 24.9 Å². The van der Waals surface area contributed by atoms with Gasteiger partial charge in [0.15, 0.2) is 0 Å². The van der Waals surface area contributed by atoms with Crippen molar-refractivity contribution in [1.82, 2.24) is 2.66 Å². The molecule has 0 spiro atoms. The van der Waals surface area contributed by atoms with Gasteiger partial charge in [-0.3, -0.25) is 0 Å². The zero-order chi connectivity index (χ0) is 4.28. The molecule has 0 N–H and O–H groups in total. The van der Waals surface area contributed by atoms with Gasteiger partial charge in [-0.2, -0.15) is 0 Å². The zero-order valence-corrected chi connectivity index (χ0v) is 9.65. The molecule has 0 rings (SSSR count). The van der Waals surface area contributed by atoms with Gasteiger partial charge >= 0.3 is 46.1 Å². The van der Waals surface area contributed by atoms with Gasteiger partial charge < -0.3 is 0 Å². The maximum absolute atomic E-state index is 2.35. The van der Waals surface area contributed by atoms with E-state index in [9.17, 15) is 0 Å². The summed E-state index contributed by atoms with van der Waals surface area (Å²) in [4.78, 5) is 0. The second-order valence-electron chi connectivity index (χ2n) is 1.40. The third kappa shape index (κ3) is 4.90. The molecule has 0 atom stereocenters. The molecule has 0 fully saturated rings. The Morgan fingerprint density at radius 1 is 1.40 bits per heavy atom. The Morgan fingerprint density at radius 2 is 1.60 bits per heavy atom. The van der Waals surface area contributed by atoms with Crippen molar-refractivity contribution < 1.29 is 24.9 Å². The van der Waals surface area contributed by atoms with Crippen molar-refractivity contribution in [2.45, 2.75) is 4.43 Å². The zero-order valence-electron chi connectivity index (χ0n) is 4.15. The molecule has 0 aliphatic carbocycles. The van der Waals surface area contributed by atoms with Crippen LogP contribution >= 0.6 is 0 Å². The third-order valence-electron chi connectivity index (χ3n) is 0.632. The Morgan fingerprint density at radius 3 is 1.60 bits per heavy atom. The van der Waals surface area contributed by atoms with E-state index in [4.69, 9.17) is 0 Å². The van der Waals surface area contributed by atoms with Crippen LogP contribution < -0.4 is 0 Å². The van der Waals surface area contributed by atoms with Crippen molar-refractivity contribution in [3.8, 4) is 0 Å². The Bertz CT molecular complexity index is 20.9. The Kier molecular flexibility index (Phi) is 3.65. The average molecular weight is 260 g/mol. The second kappa shape index (κ2) is 3.10. The fraction of sp³-hybridized carbons (Fsp3) is 1.00. The molecule has 0 aromatic heterocycles. The fourth-order valence-corrected chi connectivity index (χ4v) is 0. The summed E-state index contributed by atoms with van der Waals surface area (Å²) in [5.41, 5.74) is 0. The van der Waals surface area contributed by atoms with E-state index in [1.807, 2.05) is 0 Å². The van der Waals surface area contributed by atoms with Crippen LogP contribution in [-0.4, -0.2) is 16.8 Å². The van der Waals surface area contributed by atoms with Crippen LogP contribution in [0.5, 0.6) is 0 Å². The molecule has 0 aliphatic rings. The first-order valence-electron chi connectivity index (χ1n) is 1.92. The Hall–Kier alpha value is 0.895. The van der Waals surface area contributed by atoms with Crippen LogP contribution in [0.15, 0.2) is 0 Å². The van der Waals surface area contributed by atoms with Crippen molar-refractivity contribution in [2.75, 3.05) is 14.1 Å². The van der Waals surface area contributed by atoms with Gasteiger partial charge in [-0.25, -0.2) is 0 Å². The topological polar surface area (TPSA) is 3.24 Å². The molecule has 1 nitrogen and oxygen atoms in total.